The van der Waals surface area contributed by atoms with Gasteiger partial charge in [0, 0.05) is 17.2 Å². The number of fused-ring (bicyclic) bond motifs is 1. The van der Waals surface area contributed by atoms with Crippen molar-refractivity contribution in [3.8, 4) is 0 Å². The summed E-state index contributed by atoms with van der Waals surface area (Å²) in [7, 11) is 0. The lowest BCUT2D eigenvalue weighted by atomic mass is 10.1. The standard InChI is InChI=1S/C26H33N3O3S2/c1-7-20-17(5)33-24-21(20)25(31)29(13-19-9-8-10-32-19)26(28-24)34-18(6)23(30)27-22-15(3)11-14(2)12-16(22)4/h11-12,18-19H,7-10,13H2,1-6H3,(H,27,30). The van der Waals surface area contributed by atoms with Crippen molar-refractivity contribution in [3.63, 3.8) is 0 Å². The minimum absolute atomic E-state index is 0.00287. The fourth-order valence-corrected chi connectivity index (χ4v) is 6.79. The number of amides is 1. The average molecular weight is 500 g/mol. The van der Waals surface area contributed by atoms with E-state index < -0.39 is 5.25 Å². The van der Waals surface area contributed by atoms with Crippen LogP contribution < -0.4 is 10.9 Å². The summed E-state index contributed by atoms with van der Waals surface area (Å²) in [6, 6.07) is 4.14. The SMILES string of the molecule is CCc1c(C)sc2nc(SC(C)C(=O)Nc3c(C)cc(C)cc3C)n(CC3CCCO3)c(=O)c12. The third kappa shape index (κ3) is 4.95. The third-order valence-corrected chi connectivity index (χ3v) is 8.55. The van der Waals surface area contributed by atoms with Gasteiger partial charge in [0.1, 0.15) is 4.83 Å². The first-order valence-electron chi connectivity index (χ1n) is 11.9. The van der Waals surface area contributed by atoms with Crippen molar-refractivity contribution >= 4 is 44.9 Å². The molecule has 1 saturated heterocycles. The number of nitrogens with one attached hydrogen (secondary N) is 1. The zero-order chi connectivity index (χ0) is 24.6. The lowest BCUT2D eigenvalue weighted by molar-refractivity contribution is -0.115. The zero-order valence-corrected chi connectivity index (χ0v) is 22.4. The molecule has 1 aliphatic rings. The van der Waals surface area contributed by atoms with E-state index in [0.29, 0.717) is 11.7 Å². The maximum absolute atomic E-state index is 13.7. The van der Waals surface area contributed by atoms with Crippen LogP contribution in [0.3, 0.4) is 0 Å². The molecule has 2 unspecified atom stereocenters. The van der Waals surface area contributed by atoms with Gasteiger partial charge in [-0.25, -0.2) is 4.98 Å². The van der Waals surface area contributed by atoms with E-state index in [1.807, 2.05) is 27.7 Å². The van der Waals surface area contributed by atoms with Crippen molar-refractivity contribution in [2.24, 2.45) is 0 Å². The van der Waals surface area contributed by atoms with E-state index in [9.17, 15) is 9.59 Å². The minimum atomic E-state index is -0.424. The van der Waals surface area contributed by atoms with Crippen LogP contribution in [0.5, 0.6) is 0 Å². The number of aromatic nitrogens is 2. The second-order valence-electron chi connectivity index (χ2n) is 9.14. The molecule has 4 rings (SSSR count). The van der Waals surface area contributed by atoms with Gasteiger partial charge in [0.05, 0.1) is 23.3 Å². The largest absolute Gasteiger partial charge is 0.376 e. The van der Waals surface area contributed by atoms with Crippen LogP contribution in [0.4, 0.5) is 5.69 Å². The van der Waals surface area contributed by atoms with E-state index in [1.165, 1.54) is 17.3 Å². The van der Waals surface area contributed by atoms with Gasteiger partial charge in [-0.2, -0.15) is 0 Å². The van der Waals surface area contributed by atoms with Gasteiger partial charge in [-0.3, -0.25) is 14.2 Å². The number of carbonyl (C=O) groups excluding carboxylic acids is 1. The maximum atomic E-state index is 13.7. The third-order valence-electron chi connectivity index (χ3n) is 6.42. The molecule has 34 heavy (non-hydrogen) atoms. The van der Waals surface area contributed by atoms with Gasteiger partial charge in [0.25, 0.3) is 5.56 Å². The van der Waals surface area contributed by atoms with Crippen LogP contribution in [0.25, 0.3) is 10.2 Å². The lowest BCUT2D eigenvalue weighted by Crippen LogP contribution is -2.30. The van der Waals surface area contributed by atoms with Crippen molar-refractivity contribution in [1.29, 1.82) is 0 Å². The molecular weight excluding hydrogens is 466 g/mol. The summed E-state index contributed by atoms with van der Waals surface area (Å²) in [4.78, 5) is 33.6. The molecule has 1 fully saturated rings. The van der Waals surface area contributed by atoms with Crippen molar-refractivity contribution < 1.29 is 9.53 Å². The average Bonchev–Trinajstić information content (AvgIpc) is 3.40. The number of nitrogens with zero attached hydrogens (tertiary/aromatic N) is 2. The van der Waals surface area contributed by atoms with E-state index in [2.05, 4.69) is 31.3 Å². The number of thioether (sulfide) groups is 1. The molecule has 0 radical (unpaired) electrons. The van der Waals surface area contributed by atoms with E-state index in [0.717, 1.165) is 63.3 Å². The highest BCUT2D eigenvalue weighted by molar-refractivity contribution is 8.00. The smallest absolute Gasteiger partial charge is 0.263 e. The Morgan fingerprint density at radius 3 is 2.62 bits per heavy atom. The monoisotopic (exact) mass is 499 g/mol. The van der Waals surface area contributed by atoms with Gasteiger partial charge >= 0.3 is 0 Å². The Morgan fingerprint density at radius 1 is 1.29 bits per heavy atom. The molecule has 2 atom stereocenters. The molecule has 0 spiro atoms. The van der Waals surface area contributed by atoms with Gasteiger partial charge in [-0.1, -0.05) is 36.4 Å². The fraction of sp³-hybridized carbons (Fsp3) is 0.500. The van der Waals surface area contributed by atoms with Crippen LogP contribution in [0, 0.1) is 27.7 Å². The number of hydrogen-bond donors (Lipinski definition) is 1. The highest BCUT2D eigenvalue weighted by atomic mass is 32.2. The maximum Gasteiger partial charge on any atom is 0.263 e. The number of benzene rings is 1. The lowest BCUT2D eigenvalue weighted by Gasteiger charge is -2.19. The molecule has 6 nitrogen and oxygen atoms in total. The number of hydrogen-bond acceptors (Lipinski definition) is 6. The predicted molar refractivity (Wildman–Crippen MR) is 142 cm³/mol. The summed E-state index contributed by atoms with van der Waals surface area (Å²) in [6.07, 6.45) is 2.73. The van der Waals surface area contributed by atoms with Crippen LogP contribution in [0.1, 0.15) is 53.8 Å². The number of aryl methyl sites for hydroxylation is 5. The van der Waals surface area contributed by atoms with Crippen LogP contribution >= 0.6 is 23.1 Å². The number of ether oxygens (including phenoxy) is 1. The number of rotatable bonds is 7. The topological polar surface area (TPSA) is 73.2 Å². The highest BCUT2D eigenvalue weighted by Gasteiger charge is 2.25. The van der Waals surface area contributed by atoms with Crippen molar-refractivity contribution in [2.75, 3.05) is 11.9 Å². The van der Waals surface area contributed by atoms with Crippen molar-refractivity contribution in [2.45, 2.75) is 83.9 Å². The first kappa shape index (κ1) is 24.9. The molecule has 3 heterocycles. The minimum Gasteiger partial charge on any atom is -0.376 e. The first-order chi connectivity index (χ1) is 16.2. The van der Waals surface area contributed by atoms with Crippen LogP contribution in [0.2, 0.25) is 0 Å². The van der Waals surface area contributed by atoms with E-state index in [-0.39, 0.29) is 17.6 Å². The molecule has 1 amide bonds. The molecule has 3 aromatic rings. The van der Waals surface area contributed by atoms with Gasteiger partial charge in [0.15, 0.2) is 5.16 Å². The van der Waals surface area contributed by atoms with Gasteiger partial charge in [0.2, 0.25) is 5.91 Å². The quantitative estimate of drug-likeness (QED) is 0.341. The van der Waals surface area contributed by atoms with Gasteiger partial charge in [-0.05, 0) is 70.6 Å². The van der Waals surface area contributed by atoms with Crippen LogP contribution in [-0.4, -0.2) is 33.4 Å². The second-order valence-corrected chi connectivity index (χ2v) is 11.6. The fourth-order valence-electron chi connectivity index (χ4n) is 4.71. The molecule has 0 aliphatic carbocycles. The summed E-state index contributed by atoms with van der Waals surface area (Å²) in [6.45, 7) is 13.2. The molecule has 0 bridgehead atoms. The molecule has 0 saturated carbocycles. The molecular formula is C26H33N3O3S2. The van der Waals surface area contributed by atoms with Crippen molar-refractivity contribution in [3.05, 3.63) is 49.6 Å². The highest BCUT2D eigenvalue weighted by Crippen LogP contribution is 2.32. The first-order valence-corrected chi connectivity index (χ1v) is 13.6. The Labute approximate surface area is 209 Å². The molecule has 1 aromatic carbocycles. The van der Waals surface area contributed by atoms with E-state index in [1.54, 1.807) is 15.9 Å². The Bertz CT molecular complexity index is 1270. The number of anilines is 1. The van der Waals surface area contributed by atoms with Crippen LogP contribution in [-0.2, 0) is 22.5 Å². The number of carbonyl (C=O) groups is 1. The van der Waals surface area contributed by atoms with Crippen LogP contribution in [0.15, 0.2) is 22.1 Å². The Morgan fingerprint density at radius 2 is 2.00 bits per heavy atom. The second kappa shape index (κ2) is 10.2. The summed E-state index contributed by atoms with van der Waals surface area (Å²) in [5.74, 6) is -0.102. The normalized spacial score (nSPS) is 16.8. The van der Waals surface area contributed by atoms with Gasteiger partial charge in [-0.15, -0.1) is 11.3 Å². The summed E-state index contributed by atoms with van der Waals surface area (Å²) in [5.41, 5.74) is 5.15. The van der Waals surface area contributed by atoms with Crippen molar-refractivity contribution in [1.82, 2.24) is 9.55 Å². The molecule has 1 N–H and O–H groups in total. The molecule has 182 valence electrons. The summed E-state index contributed by atoms with van der Waals surface area (Å²) < 4.78 is 7.57. The van der Waals surface area contributed by atoms with Gasteiger partial charge < -0.3 is 10.1 Å². The molecule has 8 heteroatoms. The Hall–Kier alpha value is -2.16. The predicted octanol–water partition coefficient (Wildman–Crippen LogP) is 5.55. The Kier molecular flexibility index (Phi) is 7.50. The molecule has 2 aromatic heterocycles. The molecule has 1 aliphatic heterocycles. The summed E-state index contributed by atoms with van der Waals surface area (Å²) in [5, 5.41) is 3.97. The zero-order valence-electron chi connectivity index (χ0n) is 20.8. The van der Waals surface area contributed by atoms with E-state index >= 15 is 0 Å². The summed E-state index contributed by atoms with van der Waals surface area (Å²) >= 11 is 2.90. The van der Waals surface area contributed by atoms with E-state index in [4.69, 9.17) is 9.72 Å². The number of thiophene rings is 1. The Balaban J connectivity index is 1.67.